The predicted molar refractivity (Wildman–Crippen MR) is 81.7 cm³/mol. The molecule has 1 heterocycles. The molecule has 3 N–H and O–H groups in total. The highest BCUT2D eigenvalue weighted by atomic mass is 32.2. The van der Waals surface area contributed by atoms with Crippen LogP contribution < -0.4 is 15.6 Å². The Morgan fingerprint density at radius 3 is 2.29 bits per heavy atom. The maximum atomic E-state index is 12.3. The third-order valence-electron chi connectivity index (χ3n) is 2.77. The second kappa shape index (κ2) is 5.98. The topological polar surface area (TPSA) is 108 Å². The van der Waals surface area contributed by atoms with Crippen molar-refractivity contribution in [3.63, 3.8) is 0 Å². The molecule has 0 spiro atoms. The quantitative estimate of drug-likeness (QED) is 0.755. The lowest BCUT2D eigenvalue weighted by atomic mass is 9.87. The number of anilines is 1. The first-order chi connectivity index (χ1) is 9.40. The zero-order valence-electron chi connectivity index (χ0n) is 12.8. The van der Waals surface area contributed by atoms with Gasteiger partial charge < -0.3 is 10.3 Å². The normalized spacial score (nSPS) is 13.8. The molecule has 0 fully saturated rings. The summed E-state index contributed by atoms with van der Waals surface area (Å²) in [6.07, 6.45) is 0.984. The van der Waals surface area contributed by atoms with Crippen molar-refractivity contribution in [1.82, 2.24) is 9.71 Å². The van der Waals surface area contributed by atoms with Gasteiger partial charge in [0, 0.05) is 5.69 Å². The average molecular weight is 315 g/mol. The summed E-state index contributed by atoms with van der Waals surface area (Å²) in [4.78, 5) is 26.6. The van der Waals surface area contributed by atoms with Crippen molar-refractivity contribution in [3.8, 4) is 0 Å². The third kappa shape index (κ3) is 5.31. The molecule has 1 amide bonds. The highest BCUT2D eigenvalue weighted by molar-refractivity contribution is 7.88. The summed E-state index contributed by atoms with van der Waals surface area (Å²) in [7, 11) is -3.56. The maximum Gasteiger partial charge on any atom is 0.271 e. The Bertz CT molecular complexity index is 686. The molecule has 0 saturated heterocycles. The molecule has 1 aromatic rings. The van der Waals surface area contributed by atoms with Gasteiger partial charge >= 0.3 is 0 Å². The molecule has 21 heavy (non-hydrogen) atoms. The highest BCUT2D eigenvalue weighted by Gasteiger charge is 2.34. The van der Waals surface area contributed by atoms with Gasteiger partial charge in [-0.25, -0.2) is 13.1 Å². The molecule has 1 aromatic heterocycles. The van der Waals surface area contributed by atoms with Crippen molar-refractivity contribution < 1.29 is 13.2 Å². The summed E-state index contributed by atoms with van der Waals surface area (Å²) in [5.41, 5.74) is -0.338. The Morgan fingerprint density at radius 2 is 1.86 bits per heavy atom. The first-order valence-electron chi connectivity index (χ1n) is 6.38. The van der Waals surface area contributed by atoms with E-state index in [1.54, 1.807) is 33.8 Å². The van der Waals surface area contributed by atoms with E-state index in [2.05, 4.69) is 15.0 Å². The van der Waals surface area contributed by atoms with E-state index in [9.17, 15) is 18.0 Å². The van der Waals surface area contributed by atoms with Gasteiger partial charge in [-0.3, -0.25) is 9.59 Å². The lowest BCUT2D eigenvalue weighted by Crippen LogP contribution is -2.51. The van der Waals surface area contributed by atoms with Crippen LogP contribution in [0.5, 0.6) is 0 Å². The summed E-state index contributed by atoms with van der Waals surface area (Å²) in [6, 6.07) is 2.13. The molecular weight excluding hydrogens is 294 g/mol. The van der Waals surface area contributed by atoms with E-state index >= 15 is 0 Å². The predicted octanol–water partition coefficient (Wildman–Crippen LogP) is 0.586. The van der Waals surface area contributed by atoms with E-state index in [-0.39, 0.29) is 5.69 Å². The number of aromatic nitrogens is 1. The Hall–Kier alpha value is -1.67. The van der Waals surface area contributed by atoms with Crippen LogP contribution >= 0.6 is 0 Å². The van der Waals surface area contributed by atoms with Crippen molar-refractivity contribution in [2.45, 2.75) is 33.7 Å². The largest absolute Gasteiger partial charge is 0.325 e. The maximum absolute atomic E-state index is 12.3. The van der Waals surface area contributed by atoms with Crippen molar-refractivity contribution in [1.29, 1.82) is 0 Å². The molecular formula is C13H21N3O4S. The molecule has 0 saturated carbocycles. The standard InChI is InChI=1S/C13H21N3O4S/c1-8-6-7-9(11(17)14-8)15-12(18)10(13(2,3)4)16-21(5,19)20/h6-7,10,16H,1-5H3,(H,14,17)(H,15,18). The summed E-state index contributed by atoms with van der Waals surface area (Å²) in [5, 5.41) is 2.46. The molecule has 1 atom stereocenters. The van der Waals surface area contributed by atoms with Gasteiger partial charge in [-0.05, 0) is 24.5 Å². The number of nitrogens with one attached hydrogen (secondary N) is 3. The van der Waals surface area contributed by atoms with Gasteiger partial charge in [-0.1, -0.05) is 20.8 Å². The number of amides is 1. The molecule has 0 aliphatic heterocycles. The summed E-state index contributed by atoms with van der Waals surface area (Å²) < 4.78 is 25.1. The fraction of sp³-hybridized carbons (Fsp3) is 0.538. The number of aromatic amines is 1. The zero-order valence-corrected chi connectivity index (χ0v) is 13.6. The summed E-state index contributed by atoms with van der Waals surface area (Å²) in [6.45, 7) is 6.91. The summed E-state index contributed by atoms with van der Waals surface area (Å²) >= 11 is 0. The van der Waals surface area contributed by atoms with Crippen LogP contribution in [0, 0.1) is 12.3 Å². The lowest BCUT2D eigenvalue weighted by molar-refractivity contribution is -0.119. The van der Waals surface area contributed by atoms with Crippen molar-refractivity contribution in [2.75, 3.05) is 11.6 Å². The van der Waals surface area contributed by atoms with Gasteiger partial charge in [-0.15, -0.1) is 0 Å². The van der Waals surface area contributed by atoms with Crippen LogP contribution in [-0.4, -0.2) is 31.6 Å². The number of carbonyl (C=O) groups is 1. The van der Waals surface area contributed by atoms with Crippen molar-refractivity contribution in [2.24, 2.45) is 5.41 Å². The van der Waals surface area contributed by atoms with E-state index in [1.807, 2.05) is 0 Å². The molecule has 0 bridgehead atoms. The van der Waals surface area contributed by atoms with Gasteiger partial charge in [0.1, 0.15) is 11.7 Å². The molecule has 0 aliphatic rings. The third-order valence-corrected chi connectivity index (χ3v) is 3.44. The van der Waals surface area contributed by atoms with E-state index in [0.717, 1.165) is 6.26 Å². The zero-order chi connectivity index (χ0) is 16.4. The van der Waals surface area contributed by atoms with E-state index in [0.29, 0.717) is 5.69 Å². The fourth-order valence-corrected chi connectivity index (χ4v) is 2.60. The number of carbonyl (C=O) groups excluding carboxylic acids is 1. The average Bonchev–Trinajstić information content (AvgIpc) is 2.27. The van der Waals surface area contributed by atoms with Crippen LogP contribution in [0.25, 0.3) is 0 Å². The van der Waals surface area contributed by atoms with Gasteiger partial charge in [0.15, 0.2) is 0 Å². The Morgan fingerprint density at radius 1 is 1.29 bits per heavy atom. The minimum Gasteiger partial charge on any atom is -0.325 e. The Labute approximate surface area is 124 Å². The Balaban J connectivity index is 3.04. The molecule has 7 nitrogen and oxygen atoms in total. The number of aryl methyl sites for hydroxylation is 1. The van der Waals surface area contributed by atoms with Crippen molar-refractivity contribution in [3.05, 3.63) is 28.2 Å². The number of rotatable bonds is 4. The lowest BCUT2D eigenvalue weighted by Gasteiger charge is -2.29. The molecule has 118 valence electrons. The molecule has 0 aromatic carbocycles. The fourth-order valence-electron chi connectivity index (χ4n) is 1.71. The molecule has 0 radical (unpaired) electrons. The first kappa shape index (κ1) is 17.4. The minimum atomic E-state index is -3.56. The van der Waals surface area contributed by atoms with Crippen molar-refractivity contribution >= 4 is 21.6 Å². The van der Waals surface area contributed by atoms with Gasteiger partial charge in [0.25, 0.3) is 5.56 Å². The van der Waals surface area contributed by atoms with Gasteiger partial charge in [0.05, 0.1) is 6.26 Å². The second-order valence-corrected chi connectivity index (χ2v) is 7.84. The van der Waals surface area contributed by atoms with Gasteiger partial charge in [-0.2, -0.15) is 0 Å². The van der Waals surface area contributed by atoms with Gasteiger partial charge in [0.2, 0.25) is 15.9 Å². The van der Waals surface area contributed by atoms with Crippen LogP contribution in [0.3, 0.4) is 0 Å². The molecule has 1 unspecified atom stereocenters. The van der Waals surface area contributed by atoms with Crippen LogP contribution in [0.1, 0.15) is 26.5 Å². The number of hydrogen-bond acceptors (Lipinski definition) is 4. The van der Waals surface area contributed by atoms with E-state index in [4.69, 9.17) is 0 Å². The highest BCUT2D eigenvalue weighted by Crippen LogP contribution is 2.21. The molecule has 0 aliphatic carbocycles. The first-order valence-corrected chi connectivity index (χ1v) is 8.27. The summed E-state index contributed by atoms with van der Waals surface area (Å²) in [5.74, 6) is -0.581. The number of pyridine rings is 1. The minimum absolute atomic E-state index is 0.0788. The van der Waals surface area contributed by atoms with E-state index < -0.39 is 32.9 Å². The number of H-pyrrole nitrogens is 1. The number of hydrogen-bond donors (Lipinski definition) is 3. The smallest absolute Gasteiger partial charge is 0.271 e. The second-order valence-electron chi connectivity index (χ2n) is 6.06. The Kier molecular flexibility index (Phi) is 4.95. The molecule has 1 rings (SSSR count). The monoisotopic (exact) mass is 315 g/mol. The van der Waals surface area contributed by atoms with Crippen LogP contribution in [0.15, 0.2) is 16.9 Å². The SMILES string of the molecule is Cc1ccc(NC(=O)C(NS(C)(=O)=O)C(C)(C)C)c(=O)[nH]1. The van der Waals surface area contributed by atoms with Crippen LogP contribution in [0.2, 0.25) is 0 Å². The number of sulfonamides is 1. The van der Waals surface area contributed by atoms with Crippen LogP contribution in [-0.2, 0) is 14.8 Å². The van der Waals surface area contributed by atoms with E-state index in [1.165, 1.54) is 6.07 Å². The van der Waals surface area contributed by atoms with Crippen LogP contribution in [0.4, 0.5) is 5.69 Å². The molecule has 8 heteroatoms.